The van der Waals surface area contributed by atoms with Gasteiger partial charge in [-0.2, -0.15) is 0 Å². The lowest BCUT2D eigenvalue weighted by molar-refractivity contribution is 0.517. The average molecular weight is 380 g/mol. The first kappa shape index (κ1) is 15.3. The van der Waals surface area contributed by atoms with Crippen LogP contribution >= 0.6 is 17.9 Å². The van der Waals surface area contributed by atoms with Gasteiger partial charge in [0.25, 0.3) is 0 Å². The molecular formula is C20H13O2PS2. The Kier molecular flexibility index (Phi) is 3.36. The largest absolute Gasteiger partial charge is 0.428 e. The van der Waals surface area contributed by atoms with E-state index in [-0.39, 0.29) is 0 Å². The Balaban J connectivity index is 2.02. The summed E-state index contributed by atoms with van der Waals surface area (Å²) in [5.74, 6) is 1.46. The topological polar surface area (TPSA) is 18.5 Å². The monoisotopic (exact) mass is 380 g/mol. The van der Waals surface area contributed by atoms with Gasteiger partial charge in [-0.3, -0.25) is 0 Å². The fourth-order valence-electron chi connectivity index (χ4n) is 3.44. The summed E-state index contributed by atoms with van der Waals surface area (Å²) in [6.45, 7) is 0. The molecule has 0 unspecified atom stereocenters. The molecule has 1 aliphatic heterocycles. The summed E-state index contributed by atoms with van der Waals surface area (Å²) in [6, 6.07) is 24.6. The Labute approximate surface area is 155 Å². The molecule has 4 aromatic rings. The second-order valence-corrected chi connectivity index (χ2v) is 11.1. The van der Waals surface area contributed by atoms with Crippen molar-refractivity contribution in [3.63, 3.8) is 0 Å². The number of thiol groups is 1. The van der Waals surface area contributed by atoms with Gasteiger partial charge in [0.15, 0.2) is 0 Å². The SMILES string of the molecule is S=P1(S)Oc2ccc3ccccc3c2-c2c(ccc3ccccc23)O1. The Bertz CT molecular complexity index is 1110. The Morgan fingerprint density at radius 1 is 0.640 bits per heavy atom. The van der Waals surface area contributed by atoms with Crippen LogP contribution in [0.1, 0.15) is 0 Å². The highest BCUT2D eigenvalue weighted by atomic mass is 32.9. The van der Waals surface area contributed by atoms with Gasteiger partial charge in [-0.15, -0.1) is 0 Å². The number of benzene rings is 4. The zero-order chi connectivity index (χ0) is 17.0. The summed E-state index contributed by atoms with van der Waals surface area (Å²) in [4.78, 5) is 0. The molecular weight excluding hydrogens is 367 g/mol. The van der Waals surface area contributed by atoms with Crippen molar-refractivity contribution in [2.24, 2.45) is 0 Å². The summed E-state index contributed by atoms with van der Waals surface area (Å²) >= 11 is 10.0. The molecule has 0 aliphatic carbocycles. The summed E-state index contributed by atoms with van der Waals surface area (Å²) in [5, 5.41) is 4.54. The van der Waals surface area contributed by atoms with Gasteiger partial charge >= 0.3 is 5.69 Å². The third-order valence-corrected chi connectivity index (χ3v) is 6.25. The fourth-order valence-corrected chi connectivity index (χ4v) is 5.29. The molecule has 1 heterocycles. The zero-order valence-electron chi connectivity index (χ0n) is 13.0. The maximum atomic E-state index is 6.05. The third-order valence-electron chi connectivity index (χ3n) is 4.46. The molecule has 0 fully saturated rings. The van der Waals surface area contributed by atoms with E-state index in [1.807, 2.05) is 48.5 Å². The minimum atomic E-state index is -2.72. The van der Waals surface area contributed by atoms with Crippen LogP contribution < -0.4 is 9.05 Å². The van der Waals surface area contributed by atoms with E-state index in [0.29, 0.717) is 0 Å². The summed E-state index contributed by atoms with van der Waals surface area (Å²) in [5.41, 5.74) is -0.685. The summed E-state index contributed by atoms with van der Waals surface area (Å²) < 4.78 is 12.1. The van der Waals surface area contributed by atoms with Gasteiger partial charge in [0.1, 0.15) is 11.5 Å². The fraction of sp³-hybridized carbons (Fsp3) is 0. The average Bonchev–Trinajstić information content (AvgIpc) is 2.73. The second-order valence-electron chi connectivity index (χ2n) is 5.97. The molecule has 0 saturated carbocycles. The smallest absolute Gasteiger partial charge is 0.345 e. The molecule has 25 heavy (non-hydrogen) atoms. The molecule has 0 aromatic heterocycles. The Morgan fingerprint density at radius 3 is 1.56 bits per heavy atom. The molecule has 2 nitrogen and oxygen atoms in total. The van der Waals surface area contributed by atoms with E-state index in [1.165, 1.54) is 0 Å². The van der Waals surface area contributed by atoms with Gasteiger partial charge in [0.05, 0.1) is 0 Å². The minimum absolute atomic E-state index is 0.729. The lowest BCUT2D eigenvalue weighted by Gasteiger charge is -2.16. The third kappa shape index (κ3) is 2.44. The lowest BCUT2D eigenvalue weighted by Crippen LogP contribution is -1.92. The molecule has 0 bridgehead atoms. The van der Waals surface area contributed by atoms with Gasteiger partial charge in [0.2, 0.25) is 0 Å². The van der Waals surface area contributed by atoms with Gasteiger partial charge < -0.3 is 9.05 Å². The van der Waals surface area contributed by atoms with E-state index in [2.05, 4.69) is 36.5 Å². The van der Waals surface area contributed by atoms with Gasteiger partial charge in [-0.05, 0) is 45.5 Å². The standard InChI is InChI=1S/C20H13O2PS2/c24-23(25)21-17-11-9-13-5-1-3-7-15(13)19(17)20-16-8-4-2-6-14(16)10-12-18(20)22-23/h1-12H,(H,24,25). The first-order valence-corrected chi connectivity index (χ1v) is 11.7. The van der Waals surface area contributed by atoms with E-state index < -0.39 is 5.69 Å². The molecule has 122 valence electrons. The van der Waals surface area contributed by atoms with Gasteiger partial charge in [-0.1, -0.05) is 72.9 Å². The van der Waals surface area contributed by atoms with Crippen molar-refractivity contribution in [1.82, 2.24) is 0 Å². The summed E-state index contributed by atoms with van der Waals surface area (Å²) in [6.07, 6.45) is 0. The number of hydrogen-bond donors (Lipinski definition) is 1. The first-order chi connectivity index (χ1) is 12.1. The number of hydrogen-bond acceptors (Lipinski definition) is 3. The van der Waals surface area contributed by atoms with Crippen LogP contribution in [-0.2, 0) is 11.8 Å². The van der Waals surface area contributed by atoms with Crippen molar-refractivity contribution in [2.45, 2.75) is 0 Å². The van der Waals surface area contributed by atoms with E-state index in [0.717, 1.165) is 44.2 Å². The normalized spacial score (nSPS) is 14.9. The Hall–Kier alpha value is -2.00. The number of fused-ring (bicyclic) bond motifs is 7. The van der Waals surface area contributed by atoms with E-state index >= 15 is 0 Å². The van der Waals surface area contributed by atoms with Crippen molar-refractivity contribution in [2.75, 3.05) is 0 Å². The zero-order valence-corrected chi connectivity index (χ0v) is 15.7. The second kappa shape index (κ2) is 5.50. The van der Waals surface area contributed by atoms with Gasteiger partial charge in [-0.25, -0.2) is 0 Å². The minimum Gasteiger partial charge on any atom is -0.428 e. The molecule has 0 saturated heterocycles. The molecule has 0 spiro atoms. The maximum Gasteiger partial charge on any atom is 0.345 e. The van der Waals surface area contributed by atoms with Crippen molar-refractivity contribution in [1.29, 1.82) is 0 Å². The number of rotatable bonds is 0. The summed E-state index contributed by atoms with van der Waals surface area (Å²) in [7, 11) is 0. The van der Waals surface area contributed by atoms with Crippen molar-refractivity contribution < 1.29 is 9.05 Å². The first-order valence-electron chi connectivity index (χ1n) is 7.88. The molecule has 0 N–H and O–H groups in total. The lowest BCUT2D eigenvalue weighted by atomic mass is 9.92. The maximum absolute atomic E-state index is 6.05. The molecule has 5 rings (SSSR count). The van der Waals surface area contributed by atoms with Crippen LogP contribution in [-0.4, -0.2) is 0 Å². The Morgan fingerprint density at radius 2 is 1.08 bits per heavy atom. The molecule has 4 aromatic carbocycles. The van der Waals surface area contributed by atoms with Crippen LogP contribution in [0.3, 0.4) is 0 Å². The van der Waals surface area contributed by atoms with E-state index in [1.54, 1.807) is 0 Å². The van der Waals surface area contributed by atoms with Crippen LogP contribution in [0.15, 0.2) is 72.8 Å². The molecule has 0 radical (unpaired) electrons. The van der Waals surface area contributed by atoms with E-state index in [9.17, 15) is 0 Å². The van der Waals surface area contributed by atoms with E-state index in [4.69, 9.17) is 20.9 Å². The van der Waals surface area contributed by atoms with Crippen molar-refractivity contribution in [3.8, 4) is 22.6 Å². The predicted octanol–water partition coefficient (Wildman–Crippen LogP) is 6.59. The van der Waals surface area contributed by atoms with Crippen LogP contribution in [0.4, 0.5) is 0 Å². The highest BCUT2D eigenvalue weighted by Gasteiger charge is 2.28. The molecule has 0 atom stereocenters. The molecule has 5 heteroatoms. The highest BCUT2D eigenvalue weighted by molar-refractivity contribution is 8.60. The molecule has 1 aliphatic rings. The van der Waals surface area contributed by atoms with Crippen LogP contribution in [0.5, 0.6) is 11.5 Å². The van der Waals surface area contributed by atoms with Crippen molar-refractivity contribution in [3.05, 3.63) is 72.8 Å². The quantitative estimate of drug-likeness (QED) is 0.274. The van der Waals surface area contributed by atoms with Crippen LogP contribution in [0, 0.1) is 0 Å². The van der Waals surface area contributed by atoms with Crippen LogP contribution in [0.2, 0.25) is 0 Å². The molecule has 0 amide bonds. The van der Waals surface area contributed by atoms with Gasteiger partial charge in [0, 0.05) is 11.1 Å². The van der Waals surface area contributed by atoms with Crippen molar-refractivity contribution >= 4 is 51.3 Å². The van der Waals surface area contributed by atoms with Crippen LogP contribution in [0.25, 0.3) is 32.7 Å². The highest BCUT2D eigenvalue weighted by Crippen LogP contribution is 2.61. The predicted molar refractivity (Wildman–Crippen MR) is 111 cm³/mol.